The largest absolute Gasteiger partial charge is 0.481 e. The minimum atomic E-state index is 0.298. The Hall–Kier alpha value is -0.850. The predicted molar refractivity (Wildman–Crippen MR) is 77.0 cm³/mol. The second-order valence-electron chi connectivity index (χ2n) is 4.04. The monoisotopic (exact) mass is 329 g/mol. The van der Waals surface area contributed by atoms with Gasteiger partial charge in [0.1, 0.15) is 0 Å². The lowest BCUT2D eigenvalue weighted by molar-refractivity contribution is 0.373. The fourth-order valence-corrected chi connectivity index (χ4v) is 3.50. The number of aromatic nitrogens is 2. The maximum Gasteiger partial charge on any atom is 0.211 e. The summed E-state index contributed by atoms with van der Waals surface area (Å²) in [5.41, 5.74) is 0.980. The number of rotatable bonds is 5. The van der Waals surface area contributed by atoms with E-state index in [4.69, 9.17) is 4.74 Å². The van der Waals surface area contributed by atoms with Crippen LogP contribution in [0.15, 0.2) is 22.0 Å². The van der Waals surface area contributed by atoms with E-state index in [2.05, 4.69) is 44.7 Å². The van der Waals surface area contributed by atoms with Gasteiger partial charge in [0, 0.05) is 35.1 Å². The number of nitrogens with one attached hydrogen (secondary N) is 1. The molecule has 0 amide bonds. The molecule has 0 saturated carbocycles. The maximum atomic E-state index is 5.19. The van der Waals surface area contributed by atoms with Gasteiger partial charge in [-0.1, -0.05) is 0 Å². The molecule has 0 aromatic carbocycles. The third kappa shape index (κ3) is 2.93. The molecule has 1 atom stereocenters. The fourth-order valence-electron chi connectivity index (χ4n) is 1.75. The highest BCUT2D eigenvalue weighted by molar-refractivity contribution is 9.10. The Morgan fingerprint density at radius 2 is 2.39 bits per heavy atom. The molecule has 0 saturated heterocycles. The summed E-state index contributed by atoms with van der Waals surface area (Å²) >= 11 is 5.30. The van der Waals surface area contributed by atoms with E-state index in [0.29, 0.717) is 6.04 Å². The first-order valence-electron chi connectivity index (χ1n) is 5.65. The van der Waals surface area contributed by atoms with Crippen molar-refractivity contribution < 1.29 is 4.74 Å². The van der Waals surface area contributed by atoms with E-state index in [1.165, 1.54) is 4.88 Å². The van der Waals surface area contributed by atoms with Crippen molar-refractivity contribution in [3.63, 3.8) is 0 Å². The zero-order chi connectivity index (χ0) is 13.1. The second-order valence-corrected chi connectivity index (χ2v) is 5.84. The van der Waals surface area contributed by atoms with Gasteiger partial charge in [-0.2, -0.15) is 5.10 Å². The van der Waals surface area contributed by atoms with Crippen LogP contribution in [0.2, 0.25) is 0 Å². The van der Waals surface area contributed by atoms with Crippen molar-refractivity contribution in [3.8, 4) is 5.88 Å². The van der Waals surface area contributed by atoms with Crippen LogP contribution >= 0.6 is 27.3 Å². The van der Waals surface area contributed by atoms with Gasteiger partial charge in [-0.25, -0.2) is 4.68 Å². The number of hydrogen-bond donors (Lipinski definition) is 1. The summed E-state index contributed by atoms with van der Waals surface area (Å²) in [5, 5.41) is 9.92. The number of aryl methyl sites for hydroxylation is 1. The van der Waals surface area contributed by atoms with Crippen molar-refractivity contribution in [1.82, 2.24) is 15.1 Å². The van der Waals surface area contributed by atoms with Crippen LogP contribution in [0.1, 0.15) is 23.5 Å². The Kier molecular flexibility index (Phi) is 4.42. The molecule has 0 spiro atoms. The number of hydrogen-bond acceptors (Lipinski definition) is 4. The van der Waals surface area contributed by atoms with Gasteiger partial charge in [0.25, 0.3) is 0 Å². The average molecular weight is 330 g/mol. The van der Waals surface area contributed by atoms with Crippen molar-refractivity contribution in [3.05, 3.63) is 32.6 Å². The highest BCUT2D eigenvalue weighted by atomic mass is 79.9. The highest BCUT2D eigenvalue weighted by Crippen LogP contribution is 2.28. The molecule has 2 rings (SSSR count). The Labute approximate surface area is 119 Å². The minimum Gasteiger partial charge on any atom is -0.481 e. The van der Waals surface area contributed by atoms with Gasteiger partial charge in [0.15, 0.2) is 0 Å². The van der Waals surface area contributed by atoms with E-state index in [1.807, 2.05) is 13.1 Å². The number of nitrogens with zero attached hydrogens (tertiary/aromatic N) is 2. The molecular formula is C12H16BrN3OS. The van der Waals surface area contributed by atoms with Crippen LogP contribution in [-0.2, 0) is 13.6 Å². The van der Waals surface area contributed by atoms with Crippen LogP contribution in [0.3, 0.4) is 0 Å². The quantitative estimate of drug-likeness (QED) is 0.916. The molecule has 1 unspecified atom stereocenters. The predicted octanol–water partition coefficient (Wildman–Crippen LogP) is 3.10. The zero-order valence-corrected chi connectivity index (χ0v) is 13.0. The summed E-state index contributed by atoms with van der Waals surface area (Å²) in [6, 6.07) is 4.32. The molecule has 18 heavy (non-hydrogen) atoms. The summed E-state index contributed by atoms with van der Waals surface area (Å²) in [6.07, 6.45) is 0. The lowest BCUT2D eigenvalue weighted by atomic mass is 10.2. The lowest BCUT2D eigenvalue weighted by Crippen LogP contribution is -2.17. The first-order valence-corrected chi connectivity index (χ1v) is 7.32. The molecule has 0 aliphatic rings. The number of thiophene rings is 1. The second kappa shape index (κ2) is 5.86. The molecule has 0 radical (unpaired) electrons. The Balaban J connectivity index is 1.97. The van der Waals surface area contributed by atoms with Gasteiger partial charge in [-0.3, -0.25) is 0 Å². The normalized spacial score (nSPS) is 12.7. The van der Waals surface area contributed by atoms with Crippen LogP contribution in [-0.4, -0.2) is 16.9 Å². The van der Waals surface area contributed by atoms with Crippen molar-refractivity contribution in [2.75, 3.05) is 7.11 Å². The SMILES string of the molecule is COc1cc(CNC(C)c2sccc2Br)nn1C. The van der Waals surface area contributed by atoms with Gasteiger partial charge in [-0.05, 0) is 34.3 Å². The van der Waals surface area contributed by atoms with E-state index in [0.717, 1.165) is 22.6 Å². The smallest absolute Gasteiger partial charge is 0.211 e. The molecule has 2 aromatic rings. The molecule has 0 fully saturated rings. The molecule has 0 bridgehead atoms. The topological polar surface area (TPSA) is 39.1 Å². The van der Waals surface area contributed by atoms with Crippen LogP contribution in [0.25, 0.3) is 0 Å². The summed E-state index contributed by atoms with van der Waals surface area (Å²) in [7, 11) is 3.53. The van der Waals surface area contributed by atoms with Crippen molar-refractivity contribution >= 4 is 27.3 Å². The van der Waals surface area contributed by atoms with Gasteiger partial charge in [-0.15, -0.1) is 11.3 Å². The minimum absolute atomic E-state index is 0.298. The maximum absolute atomic E-state index is 5.19. The lowest BCUT2D eigenvalue weighted by Gasteiger charge is -2.11. The molecule has 0 aliphatic heterocycles. The van der Waals surface area contributed by atoms with Crippen LogP contribution in [0.4, 0.5) is 0 Å². The summed E-state index contributed by atoms with van der Waals surface area (Å²) in [5.74, 6) is 0.775. The molecule has 1 N–H and O–H groups in total. The van der Waals surface area contributed by atoms with Gasteiger partial charge in [0.2, 0.25) is 5.88 Å². The van der Waals surface area contributed by atoms with E-state index in [1.54, 1.807) is 23.1 Å². The van der Waals surface area contributed by atoms with Crippen molar-refractivity contribution in [2.24, 2.45) is 7.05 Å². The summed E-state index contributed by atoms with van der Waals surface area (Å²) in [6.45, 7) is 2.87. The fraction of sp³-hybridized carbons (Fsp3) is 0.417. The number of methoxy groups -OCH3 is 1. The molecule has 98 valence electrons. The van der Waals surface area contributed by atoms with Gasteiger partial charge < -0.3 is 10.1 Å². The molecular weight excluding hydrogens is 314 g/mol. The molecule has 2 aromatic heterocycles. The number of halogens is 1. The van der Waals surface area contributed by atoms with Crippen LogP contribution in [0, 0.1) is 0 Å². The van der Waals surface area contributed by atoms with Crippen LogP contribution < -0.4 is 10.1 Å². The third-order valence-corrected chi connectivity index (χ3v) is 4.78. The van der Waals surface area contributed by atoms with Crippen molar-refractivity contribution in [1.29, 1.82) is 0 Å². The molecule has 0 aliphatic carbocycles. The van der Waals surface area contributed by atoms with Gasteiger partial charge in [0.05, 0.1) is 12.8 Å². The Morgan fingerprint density at radius 3 is 2.94 bits per heavy atom. The average Bonchev–Trinajstić information content (AvgIpc) is 2.92. The zero-order valence-electron chi connectivity index (χ0n) is 10.6. The first kappa shape index (κ1) is 13.6. The summed E-state index contributed by atoms with van der Waals surface area (Å²) < 4.78 is 8.09. The highest BCUT2D eigenvalue weighted by Gasteiger charge is 2.11. The third-order valence-electron chi connectivity index (χ3n) is 2.72. The standard InChI is InChI=1S/C12H16BrN3OS/c1-8(12-10(13)4-5-18-12)14-7-9-6-11(17-3)16(2)15-9/h4-6,8,14H,7H2,1-3H3. The van der Waals surface area contributed by atoms with E-state index in [9.17, 15) is 0 Å². The van der Waals surface area contributed by atoms with E-state index < -0.39 is 0 Å². The Morgan fingerprint density at radius 1 is 1.61 bits per heavy atom. The molecule has 4 nitrogen and oxygen atoms in total. The van der Waals surface area contributed by atoms with Gasteiger partial charge >= 0.3 is 0 Å². The molecule has 2 heterocycles. The van der Waals surface area contributed by atoms with E-state index in [-0.39, 0.29) is 0 Å². The molecule has 6 heteroatoms. The van der Waals surface area contributed by atoms with E-state index >= 15 is 0 Å². The Bertz CT molecular complexity index is 523. The first-order chi connectivity index (χ1) is 8.61. The number of ether oxygens (including phenoxy) is 1. The van der Waals surface area contributed by atoms with Crippen LogP contribution in [0.5, 0.6) is 5.88 Å². The summed E-state index contributed by atoms with van der Waals surface area (Å²) in [4.78, 5) is 1.30. The van der Waals surface area contributed by atoms with Crippen molar-refractivity contribution in [2.45, 2.75) is 19.5 Å².